The van der Waals surface area contributed by atoms with Gasteiger partial charge in [-0.1, -0.05) is 42.0 Å². The predicted octanol–water partition coefficient (Wildman–Crippen LogP) is 5.55. The predicted molar refractivity (Wildman–Crippen MR) is 131 cm³/mol. The van der Waals surface area contributed by atoms with Crippen LogP contribution in [0, 0.1) is 25.2 Å². The molecule has 32 heavy (non-hydrogen) atoms. The fourth-order valence-corrected chi connectivity index (χ4v) is 4.90. The third-order valence-corrected chi connectivity index (χ3v) is 6.68. The lowest BCUT2D eigenvalue weighted by molar-refractivity contribution is 0.198. The smallest absolute Gasteiger partial charge is 0.260 e. The quantitative estimate of drug-likeness (QED) is 0.425. The van der Waals surface area contributed by atoms with Gasteiger partial charge in [0.05, 0.1) is 23.6 Å². The van der Waals surface area contributed by atoms with Gasteiger partial charge in [-0.15, -0.1) is 11.3 Å². The SMILES string of the molecule is Cc1ccc(-c2c(C)sc3nc(CN(Cc4ccc(C#N)cc4)C(C)C)[nH]c(=O)c23)cc1. The molecule has 0 saturated carbocycles. The number of fused-ring (bicyclic) bond motifs is 1. The first-order valence-electron chi connectivity index (χ1n) is 10.7. The minimum Gasteiger partial charge on any atom is -0.309 e. The van der Waals surface area contributed by atoms with Crippen LogP contribution in [0.5, 0.6) is 0 Å². The number of hydrogen-bond acceptors (Lipinski definition) is 5. The van der Waals surface area contributed by atoms with Crippen LogP contribution in [-0.2, 0) is 13.1 Å². The summed E-state index contributed by atoms with van der Waals surface area (Å²) in [6, 6.07) is 18.3. The molecule has 0 saturated heterocycles. The summed E-state index contributed by atoms with van der Waals surface area (Å²) in [4.78, 5) is 25.1. The van der Waals surface area contributed by atoms with Gasteiger partial charge in [0.2, 0.25) is 0 Å². The number of aryl methyl sites for hydroxylation is 2. The second-order valence-electron chi connectivity index (χ2n) is 8.40. The van der Waals surface area contributed by atoms with Crippen molar-refractivity contribution in [3.8, 4) is 17.2 Å². The Morgan fingerprint density at radius 2 is 1.75 bits per heavy atom. The maximum Gasteiger partial charge on any atom is 0.260 e. The number of nitrogens with zero attached hydrogens (tertiary/aromatic N) is 3. The Kier molecular flexibility index (Phi) is 6.22. The summed E-state index contributed by atoms with van der Waals surface area (Å²) >= 11 is 1.57. The van der Waals surface area contributed by atoms with E-state index < -0.39 is 0 Å². The van der Waals surface area contributed by atoms with E-state index >= 15 is 0 Å². The number of aromatic nitrogens is 2. The van der Waals surface area contributed by atoms with Crippen LogP contribution in [-0.4, -0.2) is 20.9 Å². The Balaban J connectivity index is 1.66. The maximum atomic E-state index is 13.1. The zero-order valence-electron chi connectivity index (χ0n) is 18.8. The van der Waals surface area contributed by atoms with E-state index in [1.165, 1.54) is 5.56 Å². The van der Waals surface area contributed by atoms with Crippen molar-refractivity contribution < 1.29 is 0 Å². The molecule has 0 atom stereocenters. The summed E-state index contributed by atoms with van der Waals surface area (Å²) in [5, 5.41) is 9.68. The topological polar surface area (TPSA) is 72.8 Å². The Morgan fingerprint density at radius 1 is 1.06 bits per heavy atom. The van der Waals surface area contributed by atoms with E-state index in [1.54, 1.807) is 11.3 Å². The van der Waals surface area contributed by atoms with E-state index in [2.05, 4.69) is 61.0 Å². The molecule has 0 radical (unpaired) electrons. The van der Waals surface area contributed by atoms with Gasteiger partial charge in [0, 0.05) is 23.0 Å². The van der Waals surface area contributed by atoms with Crippen LogP contribution in [0.4, 0.5) is 0 Å². The molecule has 6 heteroatoms. The molecule has 0 bridgehead atoms. The summed E-state index contributed by atoms with van der Waals surface area (Å²) in [6.07, 6.45) is 0. The van der Waals surface area contributed by atoms with Crippen molar-refractivity contribution in [3.63, 3.8) is 0 Å². The summed E-state index contributed by atoms with van der Waals surface area (Å²) in [5.74, 6) is 0.668. The first-order valence-corrected chi connectivity index (χ1v) is 11.5. The van der Waals surface area contributed by atoms with Gasteiger partial charge in [-0.3, -0.25) is 9.69 Å². The normalized spacial score (nSPS) is 11.4. The van der Waals surface area contributed by atoms with E-state index in [-0.39, 0.29) is 11.6 Å². The standard InChI is InChI=1S/C26H26N4OS/c1-16(2)30(14-20-9-7-19(13-27)8-10-20)15-22-28-25(31)24-23(18(4)32-26(24)29-22)21-11-5-17(3)6-12-21/h5-12,16H,14-15H2,1-4H3,(H,28,29,31). The molecule has 2 aromatic heterocycles. The lowest BCUT2D eigenvalue weighted by Crippen LogP contribution is -2.31. The molecule has 5 nitrogen and oxygen atoms in total. The molecule has 0 aliphatic heterocycles. The first kappa shape index (κ1) is 21.9. The monoisotopic (exact) mass is 442 g/mol. The van der Waals surface area contributed by atoms with Gasteiger partial charge >= 0.3 is 0 Å². The zero-order chi connectivity index (χ0) is 22.8. The maximum absolute atomic E-state index is 13.1. The molecule has 0 aliphatic rings. The average Bonchev–Trinajstić information content (AvgIpc) is 3.10. The summed E-state index contributed by atoms with van der Waals surface area (Å²) in [7, 11) is 0. The molecular weight excluding hydrogens is 416 g/mol. The first-order chi connectivity index (χ1) is 15.4. The van der Waals surface area contributed by atoms with Crippen LogP contribution in [0.2, 0.25) is 0 Å². The number of hydrogen-bond donors (Lipinski definition) is 1. The molecule has 2 heterocycles. The highest BCUT2D eigenvalue weighted by Gasteiger charge is 2.18. The molecule has 4 rings (SSSR count). The van der Waals surface area contributed by atoms with Gasteiger partial charge in [0.15, 0.2) is 0 Å². The number of benzene rings is 2. The molecule has 2 aromatic carbocycles. The zero-order valence-corrected chi connectivity index (χ0v) is 19.6. The summed E-state index contributed by atoms with van der Waals surface area (Å²) in [6.45, 7) is 9.62. The largest absolute Gasteiger partial charge is 0.309 e. The Bertz CT molecular complexity index is 1340. The highest BCUT2D eigenvalue weighted by Crippen LogP contribution is 2.35. The second kappa shape index (κ2) is 9.07. The molecule has 0 unspecified atom stereocenters. The molecule has 0 aliphatic carbocycles. The van der Waals surface area contributed by atoms with Crippen molar-refractivity contribution >= 4 is 21.6 Å². The van der Waals surface area contributed by atoms with Gasteiger partial charge in [-0.05, 0) is 51.0 Å². The van der Waals surface area contributed by atoms with Crippen LogP contribution in [0.1, 0.15) is 41.2 Å². The van der Waals surface area contributed by atoms with Crippen molar-refractivity contribution in [2.24, 2.45) is 0 Å². The second-order valence-corrected chi connectivity index (χ2v) is 9.60. The minimum atomic E-state index is -0.0907. The molecule has 0 fully saturated rings. The van der Waals surface area contributed by atoms with E-state index in [0.29, 0.717) is 29.9 Å². The van der Waals surface area contributed by atoms with Crippen molar-refractivity contribution in [3.05, 3.63) is 86.3 Å². The lowest BCUT2D eigenvalue weighted by atomic mass is 10.0. The summed E-state index contributed by atoms with van der Waals surface area (Å²) < 4.78 is 0. The third-order valence-electron chi connectivity index (χ3n) is 5.68. The Morgan fingerprint density at radius 3 is 2.38 bits per heavy atom. The van der Waals surface area contributed by atoms with E-state index in [1.807, 2.05) is 31.2 Å². The average molecular weight is 443 g/mol. The van der Waals surface area contributed by atoms with Gasteiger partial charge in [-0.25, -0.2) is 4.98 Å². The number of nitrogens with one attached hydrogen (secondary N) is 1. The lowest BCUT2D eigenvalue weighted by Gasteiger charge is -2.26. The molecular formula is C26H26N4OS. The van der Waals surface area contributed by atoms with Crippen LogP contribution in [0.15, 0.2) is 53.3 Å². The van der Waals surface area contributed by atoms with Gasteiger partial charge in [0.25, 0.3) is 5.56 Å². The van der Waals surface area contributed by atoms with Gasteiger partial charge in [0.1, 0.15) is 10.7 Å². The van der Waals surface area contributed by atoms with E-state index in [0.717, 1.165) is 26.4 Å². The molecule has 4 aromatic rings. The fraction of sp³-hybridized carbons (Fsp3) is 0.269. The number of rotatable bonds is 6. The van der Waals surface area contributed by atoms with Gasteiger partial charge in [-0.2, -0.15) is 5.26 Å². The molecule has 162 valence electrons. The van der Waals surface area contributed by atoms with Crippen molar-refractivity contribution in [1.29, 1.82) is 5.26 Å². The van der Waals surface area contributed by atoms with E-state index in [9.17, 15) is 4.79 Å². The molecule has 0 amide bonds. The van der Waals surface area contributed by atoms with E-state index in [4.69, 9.17) is 10.2 Å². The molecule has 0 spiro atoms. The highest BCUT2D eigenvalue weighted by molar-refractivity contribution is 7.19. The number of thiophene rings is 1. The van der Waals surface area contributed by atoms with Crippen molar-refractivity contribution in [1.82, 2.24) is 14.9 Å². The number of nitriles is 1. The van der Waals surface area contributed by atoms with Crippen LogP contribution < -0.4 is 5.56 Å². The summed E-state index contributed by atoms with van der Waals surface area (Å²) in [5.41, 5.74) is 4.89. The van der Waals surface area contributed by atoms with Crippen molar-refractivity contribution in [2.75, 3.05) is 0 Å². The highest BCUT2D eigenvalue weighted by atomic mass is 32.1. The number of H-pyrrole nitrogens is 1. The Labute approximate surface area is 192 Å². The van der Waals surface area contributed by atoms with Crippen LogP contribution in [0.25, 0.3) is 21.3 Å². The van der Waals surface area contributed by atoms with Crippen LogP contribution in [0.3, 0.4) is 0 Å². The van der Waals surface area contributed by atoms with Gasteiger partial charge < -0.3 is 4.98 Å². The molecule has 1 N–H and O–H groups in total. The third kappa shape index (κ3) is 4.50. The van der Waals surface area contributed by atoms with Crippen molar-refractivity contribution in [2.45, 2.75) is 46.8 Å². The Hall–Kier alpha value is -3.27. The number of aromatic amines is 1. The fourth-order valence-electron chi connectivity index (χ4n) is 3.84. The minimum absolute atomic E-state index is 0.0907. The van der Waals surface area contributed by atoms with Crippen LogP contribution >= 0.6 is 11.3 Å².